The summed E-state index contributed by atoms with van der Waals surface area (Å²) in [5.41, 5.74) is 3.70. The topological polar surface area (TPSA) is 51.2 Å². The van der Waals surface area contributed by atoms with E-state index >= 15 is 0 Å². The van der Waals surface area contributed by atoms with Crippen LogP contribution < -0.4 is 11.3 Å². The maximum absolute atomic E-state index is 13.5. The lowest BCUT2D eigenvalue weighted by molar-refractivity contribution is 0.493. The van der Waals surface area contributed by atoms with E-state index in [1.54, 1.807) is 13.0 Å². The minimum absolute atomic E-state index is 0.250. The number of hydrazine groups is 1. The Kier molecular flexibility index (Phi) is 3.74. The minimum atomic E-state index is -0.467. The van der Waals surface area contributed by atoms with Crippen LogP contribution in [0.4, 0.5) is 8.78 Å². The fourth-order valence-electron chi connectivity index (χ4n) is 1.93. The van der Waals surface area contributed by atoms with Crippen molar-refractivity contribution in [1.82, 2.24) is 5.43 Å². The summed E-state index contributed by atoms with van der Waals surface area (Å²) in [5.74, 6) is 5.25. The highest BCUT2D eigenvalue weighted by molar-refractivity contribution is 5.26. The highest BCUT2D eigenvalue weighted by Crippen LogP contribution is 2.23. The molecule has 18 heavy (non-hydrogen) atoms. The highest BCUT2D eigenvalue weighted by Gasteiger charge is 2.17. The standard InChI is InChI=1S/C13H14F2N2O/c1-8-11(4-5-18-8)13(17-16)7-9-6-10(14)2-3-12(9)15/h2-6,13,17H,7,16H2,1H3. The van der Waals surface area contributed by atoms with Crippen LogP contribution >= 0.6 is 0 Å². The van der Waals surface area contributed by atoms with E-state index in [2.05, 4.69) is 5.43 Å². The minimum Gasteiger partial charge on any atom is -0.469 e. The second-order valence-electron chi connectivity index (χ2n) is 4.09. The molecule has 1 unspecified atom stereocenters. The molecule has 2 rings (SSSR count). The summed E-state index contributed by atoms with van der Waals surface area (Å²) in [6.45, 7) is 1.79. The van der Waals surface area contributed by atoms with E-state index in [1.807, 2.05) is 0 Å². The number of nitrogens with one attached hydrogen (secondary N) is 1. The molecule has 0 aliphatic carbocycles. The molecule has 1 aromatic carbocycles. The molecule has 0 bridgehead atoms. The van der Waals surface area contributed by atoms with Gasteiger partial charge in [-0.05, 0) is 43.2 Å². The Balaban J connectivity index is 2.26. The van der Waals surface area contributed by atoms with Gasteiger partial charge in [-0.15, -0.1) is 0 Å². The molecule has 5 heteroatoms. The summed E-state index contributed by atoms with van der Waals surface area (Å²) in [6, 6.07) is 4.82. The van der Waals surface area contributed by atoms with Gasteiger partial charge in [0, 0.05) is 5.56 Å². The maximum atomic E-state index is 13.5. The van der Waals surface area contributed by atoms with E-state index in [0.717, 1.165) is 17.7 Å². The Morgan fingerprint density at radius 3 is 2.72 bits per heavy atom. The Hall–Kier alpha value is -1.72. The van der Waals surface area contributed by atoms with E-state index in [-0.39, 0.29) is 18.0 Å². The molecule has 3 N–H and O–H groups in total. The van der Waals surface area contributed by atoms with Crippen molar-refractivity contribution in [2.75, 3.05) is 0 Å². The van der Waals surface area contributed by atoms with Gasteiger partial charge in [-0.2, -0.15) is 0 Å². The van der Waals surface area contributed by atoms with Crippen molar-refractivity contribution < 1.29 is 13.2 Å². The van der Waals surface area contributed by atoms with Gasteiger partial charge in [-0.1, -0.05) is 0 Å². The summed E-state index contributed by atoms with van der Waals surface area (Å²) < 4.78 is 31.8. The normalized spacial score (nSPS) is 12.7. The van der Waals surface area contributed by atoms with E-state index in [1.165, 1.54) is 12.3 Å². The largest absolute Gasteiger partial charge is 0.469 e. The van der Waals surface area contributed by atoms with Crippen LogP contribution in [0, 0.1) is 18.6 Å². The number of rotatable bonds is 4. The van der Waals surface area contributed by atoms with Crippen LogP contribution in [-0.4, -0.2) is 0 Å². The van der Waals surface area contributed by atoms with Crippen LogP contribution in [0.25, 0.3) is 0 Å². The molecule has 0 saturated carbocycles. The van der Waals surface area contributed by atoms with Gasteiger partial charge in [0.1, 0.15) is 17.4 Å². The molecular weight excluding hydrogens is 238 g/mol. The molecule has 2 aromatic rings. The Labute approximate surface area is 104 Å². The van der Waals surface area contributed by atoms with Gasteiger partial charge < -0.3 is 4.42 Å². The number of hydrogen-bond acceptors (Lipinski definition) is 3. The molecule has 3 nitrogen and oxygen atoms in total. The average Bonchev–Trinajstić information content (AvgIpc) is 2.77. The zero-order valence-electron chi connectivity index (χ0n) is 9.91. The van der Waals surface area contributed by atoms with Gasteiger partial charge >= 0.3 is 0 Å². The van der Waals surface area contributed by atoms with Crippen LogP contribution in [0.1, 0.15) is 22.9 Å². The van der Waals surface area contributed by atoms with Crippen molar-refractivity contribution in [2.45, 2.75) is 19.4 Å². The van der Waals surface area contributed by atoms with Gasteiger partial charge in [0.05, 0.1) is 12.3 Å². The summed E-state index contributed by atoms with van der Waals surface area (Å²) >= 11 is 0. The third-order valence-corrected chi connectivity index (χ3v) is 2.91. The van der Waals surface area contributed by atoms with Crippen molar-refractivity contribution in [3.63, 3.8) is 0 Å². The lowest BCUT2D eigenvalue weighted by atomic mass is 9.99. The van der Waals surface area contributed by atoms with Gasteiger partial charge in [-0.3, -0.25) is 11.3 Å². The second-order valence-corrected chi connectivity index (χ2v) is 4.09. The monoisotopic (exact) mass is 252 g/mol. The Morgan fingerprint density at radius 1 is 1.33 bits per heavy atom. The summed E-state index contributed by atoms with van der Waals surface area (Å²) in [4.78, 5) is 0. The molecule has 0 saturated heterocycles. The van der Waals surface area contributed by atoms with Gasteiger partial charge in [0.2, 0.25) is 0 Å². The predicted octanol–water partition coefficient (Wildman–Crippen LogP) is 2.61. The zero-order valence-corrected chi connectivity index (χ0v) is 9.91. The second kappa shape index (κ2) is 5.29. The number of aryl methyl sites for hydroxylation is 1. The molecule has 1 heterocycles. The van der Waals surface area contributed by atoms with Crippen LogP contribution in [0.15, 0.2) is 34.9 Å². The molecule has 0 fully saturated rings. The van der Waals surface area contributed by atoms with Crippen molar-refractivity contribution in [1.29, 1.82) is 0 Å². The first kappa shape index (κ1) is 12.7. The molecule has 96 valence electrons. The smallest absolute Gasteiger partial charge is 0.126 e. The SMILES string of the molecule is Cc1occc1C(Cc1cc(F)ccc1F)NN. The molecule has 0 aliphatic heterocycles. The van der Waals surface area contributed by atoms with Gasteiger partial charge in [-0.25, -0.2) is 8.78 Å². The molecule has 0 radical (unpaired) electrons. The average molecular weight is 252 g/mol. The van der Waals surface area contributed by atoms with Crippen LogP contribution in [0.3, 0.4) is 0 Å². The van der Waals surface area contributed by atoms with Crippen molar-refractivity contribution in [2.24, 2.45) is 5.84 Å². The van der Waals surface area contributed by atoms with Gasteiger partial charge in [0.15, 0.2) is 0 Å². The summed E-state index contributed by atoms with van der Waals surface area (Å²) in [6.07, 6.45) is 1.79. The summed E-state index contributed by atoms with van der Waals surface area (Å²) in [5, 5.41) is 0. The predicted molar refractivity (Wildman–Crippen MR) is 63.6 cm³/mol. The molecule has 0 amide bonds. The van der Waals surface area contributed by atoms with Crippen molar-refractivity contribution in [3.05, 3.63) is 59.1 Å². The number of nitrogens with two attached hydrogens (primary N) is 1. The zero-order chi connectivity index (χ0) is 13.1. The Bertz CT molecular complexity index is 540. The number of furan rings is 1. The lowest BCUT2D eigenvalue weighted by Gasteiger charge is -2.15. The first-order valence-electron chi connectivity index (χ1n) is 5.56. The van der Waals surface area contributed by atoms with Crippen molar-refractivity contribution >= 4 is 0 Å². The summed E-state index contributed by atoms with van der Waals surface area (Å²) in [7, 11) is 0. The van der Waals surface area contributed by atoms with Crippen molar-refractivity contribution in [3.8, 4) is 0 Å². The molecular formula is C13H14F2N2O. The Morgan fingerprint density at radius 2 is 2.11 bits per heavy atom. The molecule has 0 spiro atoms. The highest BCUT2D eigenvalue weighted by atomic mass is 19.1. The van der Waals surface area contributed by atoms with E-state index in [0.29, 0.717) is 5.76 Å². The maximum Gasteiger partial charge on any atom is 0.126 e. The van der Waals surface area contributed by atoms with E-state index in [4.69, 9.17) is 10.3 Å². The number of halogens is 2. The van der Waals surface area contributed by atoms with Crippen LogP contribution in [0.5, 0.6) is 0 Å². The fraction of sp³-hybridized carbons (Fsp3) is 0.231. The molecule has 1 atom stereocenters. The van der Waals surface area contributed by atoms with Crippen LogP contribution in [-0.2, 0) is 6.42 Å². The van der Waals surface area contributed by atoms with Crippen LogP contribution in [0.2, 0.25) is 0 Å². The number of hydrogen-bond donors (Lipinski definition) is 2. The quantitative estimate of drug-likeness (QED) is 0.649. The van der Waals surface area contributed by atoms with Gasteiger partial charge in [0.25, 0.3) is 0 Å². The van der Waals surface area contributed by atoms with E-state index in [9.17, 15) is 8.78 Å². The first-order valence-corrected chi connectivity index (χ1v) is 5.56. The first-order chi connectivity index (χ1) is 8.61. The van der Waals surface area contributed by atoms with E-state index < -0.39 is 11.6 Å². The number of benzene rings is 1. The fourth-order valence-corrected chi connectivity index (χ4v) is 1.93. The third kappa shape index (κ3) is 2.57. The third-order valence-electron chi connectivity index (χ3n) is 2.91. The molecule has 0 aliphatic rings. The lowest BCUT2D eigenvalue weighted by Crippen LogP contribution is -2.30. The molecule has 1 aromatic heterocycles.